The Kier molecular flexibility index (Phi) is 7.27. The number of aromatic nitrogens is 3. The van der Waals surface area contributed by atoms with E-state index in [2.05, 4.69) is 21.9 Å². The molecule has 33 heavy (non-hydrogen) atoms. The minimum atomic E-state index is -2.38. The van der Waals surface area contributed by atoms with Crippen LogP contribution in [0.25, 0.3) is 22.8 Å². The summed E-state index contributed by atoms with van der Waals surface area (Å²) in [6.45, 7) is 10.7. The van der Waals surface area contributed by atoms with Crippen LogP contribution < -0.4 is 5.32 Å². The van der Waals surface area contributed by atoms with Crippen LogP contribution in [0.1, 0.15) is 49.5 Å². The number of likely N-dealkylation sites (tertiary alicyclic amines) is 1. The molecule has 0 spiro atoms. The van der Waals surface area contributed by atoms with E-state index in [0.29, 0.717) is 18.7 Å². The maximum Gasteiger partial charge on any atom is 0.253 e. The molecule has 4 rings (SSSR count). The van der Waals surface area contributed by atoms with E-state index in [1.165, 1.54) is 0 Å². The fourth-order valence-electron chi connectivity index (χ4n) is 3.40. The smallest absolute Gasteiger partial charge is 0.253 e. The summed E-state index contributed by atoms with van der Waals surface area (Å²) < 4.78 is 26.6. The van der Waals surface area contributed by atoms with Crippen molar-refractivity contribution in [3.8, 4) is 5.69 Å². The first-order valence-corrected chi connectivity index (χ1v) is 10.9. The SMILES string of the molecule is C=Cc1cnc2c(ccn2-c2cncc(C(=O)NC(C)(C)C)c2)c1.CN1CCC(F)(F)CC1. The number of carbonyl (C=O) groups is 1. The van der Waals surface area contributed by atoms with Crippen molar-refractivity contribution in [1.82, 2.24) is 24.8 Å². The number of nitrogens with one attached hydrogen (secondary N) is 1. The second-order valence-electron chi connectivity index (χ2n) is 9.37. The summed E-state index contributed by atoms with van der Waals surface area (Å²) in [7, 11) is 1.87. The lowest BCUT2D eigenvalue weighted by Crippen LogP contribution is -2.40. The first kappa shape index (κ1) is 24.5. The Hall–Kier alpha value is -3.13. The molecular weight excluding hydrogens is 424 g/mol. The molecule has 0 aromatic carbocycles. The van der Waals surface area contributed by atoms with Gasteiger partial charge in [0.25, 0.3) is 11.8 Å². The lowest BCUT2D eigenvalue weighted by molar-refractivity contribution is -0.0504. The van der Waals surface area contributed by atoms with Crippen molar-refractivity contribution in [2.75, 3.05) is 20.1 Å². The zero-order chi connectivity index (χ0) is 24.2. The van der Waals surface area contributed by atoms with E-state index in [4.69, 9.17) is 0 Å². The van der Waals surface area contributed by atoms with Gasteiger partial charge in [0.1, 0.15) is 5.65 Å². The van der Waals surface area contributed by atoms with Gasteiger partial charge in [0, 0.05) is 55.4 Å². The molecule has 1 aliphatic rings. The highest BCUT2D eigenvalue weighted by Gasteiger charge is 2.32. The molecule has 0 radical (unpaired) electrons. The van der Waals surface area contributed by atoms with E-state index in [0.717, 1.165) is 22.3 Å². The van der Waals surface area contributed by atoms with Gasteiger partial charge in [0.05, 0.1) is 17.4 Å². The monoisotopic (exact) mass is 455 g/mol. The average molecular weight is 456 g/mol. The summed E-state index contributed by atoms with van der Waals surface area (Å²) >= 11 is 0. The zero-order valence-electron chi connectivity index (χ0n) is 19.6. The Morgan fingerprint density at radius 3 is 2.48 bits per heavy atom. The van der Waals surface area contributed by atoms with Crippen LogP contribution in [0.5, 0.6) is 0 Å². The van der Waals surface area contributed by atoms with Crippen LogP contribution in [-0.2, 0) is 0 Å². The molecule has 1 N–H and O–H groups in total. The van der Waals surface area contributed by atoms with Crippen molar-refractivity contribution in [2.24, 2.45) is 0 Å². The predicted molar refractivity (Wildman–Crippen MR) is 128 cm³/mol. The van der Waals surface area contributed by atoms with Crippen molar-refractivity contribution in [2.45, 2.75) is 45.1 Å². The molecule has 0 unspecified atom stereocenters. The van der Waals surface area contributed by atoms with Gasteiger partial charge in [-0.2, -0.15) is 0 Å². The molecule has 4 heterocycles. The first-order valence-electron chi connectivity index (χ1n) is 10.9. The number of rotatable bonds is 3. The number of nitrogens with zero attached hydrogens (tertiary/aromatic N) is 4. The third-order valence-electron chi connectivity index (χ3n) is 5.25. The van der Waals surface area contributed by atoms with Crippen molar-refractivity contribution < 1.29 is 13.6 Å². The number of hydrogen-bond donors (Lipinski definition) is 1. The van der Waals surface area contributed by atoms with Crippen LogP contribution in [0, 0.1) is 0 Å². The van der Waals surface area contributed by atoms with Gasteiger partial charge in [-0.15, -0.1) is 0 Å². The molecule has 1 fully saturated rings. The van der Waals surface area contributed by atoms with E-state index in [9.17, 15) is 13.6 Å². The quantitative estimate of drug-likeness (QED) is 0.608. The zero-order valence-corrected chi connectivity index (χ0v) is 19.6. The second-order valence-corrected chi connectivity index (χ2v) is 9.37. The summed E-state index contributed by atoms with van der Waals surface area (Å²) in [6, 6.07) is 5.82. The van der Waals surface area contributed by atoms with E-state index in [1.54, 1.807) is 24.7 Å². The van der Waals surface area contributed by atoms with Gasteiger partial charge < -0.3 is 10.2 Å². The second kappa shape index (κ2) is 9.79. The third kappa shape index (κ3) is 6.68. The number of halogens is 2. The van der Waals surface area contributed by atoms with Crippen LogP contribution in [0.3, 0.4) is 0 Å². The van der Waals surface area contributed by atoms with E-state index >= 15 is 0 Å². The summed E-state index contributed by atoms with van der Waals surface area (Å²) in [6.07, 6.45) is 8.81. The van der Waals surface area contributed by atoms with Crippen molar-refractivity contribution >= 4 is 23.0 Å². The third-order valence-corrected chi connectivity index (χ3v) is 5.25. The fraction of sp³-hybridized carbons (Fsp3) is 0.400. The minimum Gasteiger partial charge on any atom is -0.347 e. The van der Waals surface area contributed by atoms with Crippen LogP contribution in [0.2, 0.25) is 0 Å². The maximum atomic E-state index is 12.4. The number of fused-ring (bicyclic) bond motifs is 1. The predicted octanol–water partition coefficient (Wildman–Crippen LogP) is 4.94. The molecule has 0 saturated carbocycles. The Bertz CT molecular complexity index is 1120. The highest BCUT2D eigenvalue weighted by molar-refractivity contribution is 5.95. The molecule has 1 aliphatic heterocycles. The van der Waals surface area contributed by atoms with Gasteiger partial charge in [-0.1, -0.05) is 12.7 Å². The first-order chi connectivity index (χ1) is 15.5. The molecule has 6 nitrogen and oxygen atoms in total. The number of piperidine rings is 1. The van der Waals surface area contributed by atoms with Crippen LogP contribution >= 0.6 is 0 Å². The molecule has 0 atom stereocenters. The van der Waals surface area contributed by atoms with E-state index in [-0.39, 0.29) is 24.3 Å². The van der Waals surface area contributed by atoms with Gasteiger partial charge in [-0.3, -0.25) is 14.3 Å². The summed E-state index contributed by atoms with van der Waals surface area (Å²) in [5.41, 5.74) is 2.81. The highest BCUT2D eigenvalue weighted by atomic mass is 19.3. The van der Waals surface area contributed by atoms with Gasteiger partial charge in [-0.25, -0.2) is 13.8 Å². The van der Waals surface area contributed by atoms with Gasteiger partial charge in [0.15, 0.2) is 0 Å². The molecular formula is C25H31F2N5O. The Morgan fingerprint density at radius 2 is 1.88 bits per heavy atom. The molecule has 0 aliphatic carbocycles. The number of hydrogen-bond acceptors (Lipinski definition) is 4. The van der Waals surface area contributed by atoms with Crippen molar-refractivity contribution in [1.29, 1.82) is 0 Å². The molecule has 0 bridgehead atoms. The fourth-order valence-corrected chi connectivity index (χ4v) is 3.40. The molecule has 8 heteroatoms. The van der Waals surface area contributed by atoms with Gasteiger partial charge in [-0.05, 0) is 51.6 Å². The number of pyridine rings is 2. The van der Waals surface area contributed by atoms with Gasteiger partial charge >= 0.3 is 0 Å². The normalized spacial score (nSPS) is 16.1. The maximum absolute atomic E-state index is 12.4. The molecule has 1 amide bonds. The summed E-state index contributed by atoms with van der Waals surface area (Å²) in [5, 5.41) is 3.96. The van der Waals surface area contributed by atoms with Crippen LogP contribution in [0.4, 0.5) is 8.78 Å². The summed E-state index contributed by atoms with van der Waals surface area (Å²) in [5.74, 6) is -2.53. The average Bonchev–Trinajstić information content (AvgIpc) is 3.18. The largest absolute Gasteiger partial charge is 0.347 e. The number of carbonyl (C=O) groups excluding carboxylic acids is 1. The van der Waals surface area contributed by atoms with E-state index in [1.807, 2.05) is 61.7 Å². The van der Waals surface area contributed by atoms with Crippen LogP contribution in [0.15, 0.2) is 49.6 Å². The lowest BCUT2D eigenvalue weighted by Gasteiger charge is -2.28. The minimum absolute atomic E-state index is 0.0312. The molecule has 3 aromatic heterocycles. The topological polar surface area (TPSA) is 63.1 Å². The van der Waals surface area contributed by atoms with E-state index < -0.39 is 5.92 Å². The lowest BCUT2D eigenvalue weighted by atomic mass is 10.1. The van der Waals surface area contributed by atoms with Gasteiger partial charge in [0.2, 0.25) is 0 Å². The van der Waals surface area contributed by atoms with Crippen molar-refractivity contribution in [3.05, 3.63) is 60.7 Å². The standard InChI is InChI=1S/C19H20N4O.C6H11F2N/c1-5-13-8-14-6-7-23(17(14)21-10-13)16-9-15(11-20-12-16)18(24)22-19(2,3)4;1-9-4-2-6(7,8)3-5-9/h5-12H,1H2,2-4H3,(H,22,24);2-5H2,1H3. The Balaban J connectivity index is 0.000000286. The number of alkyl halides is 2. The highest BCUT2D eigenvalue weighted by Crippen LogP contribution is 2.26. The van der Waals surface area contributed by atoms with Crippen LogP contribution in [-0.4, -0.2) is 56.9 Å². The Labute approximate surface area is 193 Å². The summed E-state index contributed by atoms with van der Waals surface area (Å²) in [4.78, 5) is 23.0. The molecule has 3 aromatic rings. The molecule has 176 valence electrons. The number of amides is 1. The molecule has 1 saturated heterocycles. The Morgan fingerprint density at radius 1 is 1.18 bits per heavy atom. The van der Waals surface area contributed by atoms with Crippen molar-refractivity contribution in [3.63, 3.8) is 0 Å².